The molecule has 0 spiro atoms. The van der Waals surface area contributed by atoms with Crippen molar-refractivity contribution in [2.24, 2.45) is 0 Å². The lowest BCUT2D eigenvalue weighted by Crippen LogP contribution is -2.40. The number of thiazole rings is 1. The molecule has 0 atom stereocenters. The predicted octanol–water partition coefficient (Wildman–Crippen LogP) is 3.74. The Kier molecular flexibility index (Phi) is 7.68. The SMILES string of the molecule is CCc1nc2ccc(C3CCN(CC(=O)NC)CC3)nn2c1N(C)c1nc(-c2ccc(F)cc2)c(CO)s1. The molecule has 3 aromatic heterocycles. The first-order valence-corrected chi connectivity index (χ1v) is 13.6. The molecule has 200 valence electrons. The van der Waals surface area contributed by atoms with E-state index in [-0.39, 0.29) is 18.3 Å². The molecule has 2 N–H and O–H groups in total. The normalized spacial score (nSPS) is 14.8. The number of rotatable bonds is 8. The van der Waals surface area contributed by atoms with Crippen LogP contribution >= 0.6 is 11.3 Å². The van der Waals surface area contributed by atoms with Crippen LogP contribution in [0.5, 0.6) is 0 Å². The van der Waals surface area contributed by atoms with Crippen LogP contribution in [0.15, 0.2) is 36.4 Å². The van der Waals surface area contributed by atoms with Crippen LogP contribution in [0.2, 0.25) is 0 Å². The van der Waals surface area contributed by atoms with Crippen LogP contribution in [0.1, 0.15) is 41.9 Å². The van der Waals surface area contributed by atoms with E-state index in [0.717, 1.165) is 60.8 Å². The number of nitrogens with zero attached hydrogens (tertiary/aromatic N) is 6. The number of anilines is 2. The van der Waals surface area contributed by atoms with E-state index in [4.69, 9.17) is 15.1 Å². The van der Waals surface area contributed by atoms with E-state index >= 15 is 0 Å². The molecule has 1 amide bonds. The molecule has 4 heterocycles. The first-order valence-electron chi connectivity index (χ1n) is 12.8. The van der Waals surface area contributed by atoms with Crippen molar-refractivity contribution in [3.05, 3.63) is 58.5 Å². The number of aryl methyl sites for hydroxylation is 1. The zero-order valence-corrected chi connectivity index (χ0v) is 22.6. The Morgan fingerprint density at radius 2 is 1.92 bits per heavy atom. The molecular formula is C27H32FN7O2S. The van der Waals surface area contributed by atoms with Gasteiger partial charge in [0.1, 0.15) is 5.82 Å². The summed E-state index contributed by atoms with van der Waals surface area (Å²) < 4.78 is 15.4. The Bertz CT molecular complexity index is 1430. The maximum absolute atomic E-state index is 13.5. The van der Waals surface area contributed by atoms with E-state index in [2.05, 4.69) is 23.2 Å². The molecular weight excluding hydrogens is 505 g/mol. The van der Waals surface area contributed by atoms with Gasteiger partial charge in [-0.05, 0) is 68.8 Å². The Labute approximate surface area is 224 Å². The summed E-state index contributed by atoms with van der Waals surface area (Å²) in [6, 6.07) is 10.2. The third kappa shape index (κ3) is 5.13. The monoisotopic (exact) mass is 537 g/mol. The van der Waals surface area contributed by atoms with Gasteiger partial charge >= 0.3 is 0 Å². The molecule has 0 aliphatic carbocycles. The second-order valence-corrected chi connectivity index (χ2v) is 10.5. The van der Waals surface area contributed by atoms with Gasteiger partial charge < -0.3 is 15.3 Å². The summed E-state index contributed by atoms with van der Waals surface area (Å²) in [6.07, 6.45) is 2.59. The Morgan fingerprint density at radius 1 is 1.18 bits per heavy atom. The number of piperidine rings is 1. The van der Waals surface area contributed by atoms with E-state index in [1.165, 1.54) is 23.5 Å². The number of carbonyl (C=O) groups excluding carboxylic acids is 1. The third-order valence-electron chi connectivity index (χ3n) is 7.08. The number of halogens is 1. The minimum Gasteiger partial charge on any atom is -0.391 e. The third-order valence-corrected chi connectivity index (χ3v) is 8.20. The zero-order chi connectivity index (χ0) is 26.8. The Balaban J connectivity index is 1.45. The fourth-order valence-corrected chi connectivity index (χ4v) is 5.86. The number of aliphatic hydroxyl groups excluding tert-OH is 1. The molecule has 1 aromatic carbocycles. The number of benzene rings is 1. The molecule has 1 aliphatic rings. The molecule has 1 fully saturated rings. The first-order chi connectivity index (χ1) is 18.4. The van der Waals surface area contributed by atoms with Gasteiger partial charge in [-0.3, -0.25) is 9.69 Å². The van der Waals surface area contributed by atoms with Crippen LogP contribution in [-0.2, 0) is 17.8 Å². The second kappa shape index (κ2) is 11.1. The lowest BCUT2D eigenvalue weighted by Gasteiger charge is -2.31. The summed E-state index contributed by atoms with van der Waals surface area (Å²) in [5, 5.41) is 18.4. The minimum absolute atomic E-state index is 0.0373. The number of fused-ring (bicyclic) bond motifs is 1. The molecule has 11 heteroatoms. The van der Waals surface area contributed by atoms with Crippen LogP contribution in [0, 0.1) is 5.82 Å². The minimum atomic E-state index is -0.316. The van der Waals surface area contributed by atoms with Gasteiger partial charge in [0.2, 0.25) is 5.91 Å². The van der Waals surface area contributed by atoms with Gasteiger partial charge in [0.25, 0.3) is 0 Å². The average molecular weight is 538 g/mol. The number of nitrogens with one attached hydrogen (secondary N) is 1. The fraction of sp³-hybridized carbons (Fsp3) is 0.407. The van der Waals surface area contributed by atoms with E-state index in [1.807, 2.05) is 22.5 Å². The number of aliphatic hydroxyl groups is 1. The topological polar surface area (TPSA) is 98.9 Å². The van der Waals surface area contributed by atoms with Gasteiger partial charge in [-0.15, -0.1) is 0 Å². The predicted molar refractivity (Wildman–Crippen MR) is 146 cm³/mol. The number of aromatic nitrogens is 4. The van der Waals surface area contributed by atoms with Gasteiger partial charge in [0.05, 0.1) is 35.1 Å². The van der Waals surface area contributed by atoms with Crippen LogP contribution in [0.25, 0.3) is 16.9 Å². The summed E-state index contributed by atoms with van der Waals surface area (Å²) in [7, 11) is 3.60. The van der Waals surface area contributed by atoms with Crippen LogP contribution < -0.4 is 10.2 Å². The molecule has 4 aromatic rings. The highest BCUT2D eigenvalue weighted by Crippen LogP contribution is 2.37. The number of likely N-dealkylation sites (N-methyl/N-ethyl adjacent to an activating group) is 1. The number of likely N-dealkylation sites (tertiary alicyclic amines) is 1. The van der Waals surface area contributed by atoms with E-state index in [0.29, 0.717) is 28.2 Å². The molecule has 1 aliphatic heterocycles. The summed E-state index contributed by atoms with van der Waals surface area (Å²) >= 11 is 1.40. The fourth-order valence-electron chi connectivity index (χ4n) is 4.95. The number of hydrogen-bond acceptors (Lipinski definition) is 8. The van der Waals surface area contributed by atoms with Crippen molar-refractivity contribution in [1.29, 1.82) is 0 Å². The summed E-state index contributed by atoms with van der Waals surface area (Å²) in [5.74, 6) is 0.863. The molecule has 5 rings (SSSR count). The summed E-state index contributed by atoms with van der Waals surface area (Å²) in [6.45, 7) is 4.03. The zero-order valence-electron chi connectivity index (χ0n) is 21.8. The molecule has 0 saturated carbocycles. The van der Waals surface area contributed by atoms with Gasteiger partial charge in [0.15, 0.2) is 16.6 Å². The summed E-state index contributed by atoms with van der Waals surface area (Å²) in [5.41, 5.74) is 4.07. The first kappa shape index (κ1) is 26.2. The number of carbonyl (C=O) groups is 1. The van der Waals surface area contributed by atoms with Crippen molar-refractivity contribution in [3.8, 4) is 11.3 Å². The van der Waals surface area contributed by atoms with Crippen LogP contribution in [0.4, 0.5) is 15.3 Å². The highest BCUT2D eigenvalue weighted by molar-refractivity contribution is 7.16. The van der Waals surface area contributed by atoms with Gasteiger partial charge in [-0.2, -0.15) is 9.61 Å². The Morgan fingerprint density at radius 3 is 2.58 bits per heavy atom. The molecule has 0 bridgehead atoms. The van der Waals surface area contributed by atoms with Gasteiger partial charge in [-0.1, -0.05) is 18.3 Å². The van der Waals surface area contributed by atoms with E-state index in [9.17, 15) is 14.3 Å². The lowest BCUT2D eigenvalue weighted by molar-refractivity contribution is -0.122. The molecule has 38 heavy (non-hydrogen) atoms. The largest absolute Gasteiger partial charge is 0.391 e. The van der Waals surface area contributed by atoms with Crippen molar-refractivity contribution >= 4 is 33.8 Å². The second-order valence-electron chi connectivity index (χ2n) is 9.48. The van der Waals surface area contributed by atoms with Crippen molar-refractivity contribution < 1.29 is 14.3 Å². The maximum atomic E-state index is 13.5. The van der Waals surface area contributed by atoms with E-state index in [1.54, 1.807) is 19.2 Å². The highest BCUT2D eigenvalue weighted by atomic mass is 32.1. The highest BCUT2D eigenvalue weighted by Gasteiger charge is 2.26. The van der Waals surface area contributed by atoms with Gasteiger partial charge in [-0.25, -0.2) is 14.4 Å². The van der Waals surface area contributed by atoms with Gasteiger partial charge in [0, 0.05) is 25.6 Å². The van der Waals surface area contributed by atoms with Crippen molar-refractivity contribution in [1.82, 2.24) is 29.8 Å². The number of hydrogen-bond donors (Lipinski definition) is 2. The summed E-state index contributed by atoms with van der Waals surface area (Å²) in [4.78, 5) is 26.3. The molecule has 1 saturated heterocycles. The van der Waals surface area contributed by atoms with E-state index < -0.39 is 0 Å². The smallest absolute Gasteiger partial charge is 0.233 e. The molecule has 0 radical (unpaired) electrons. The average Bonchev–Trinajstić information content (AvgIpc) is 3.54. The van der Waals surface area contributed by atoms with Crippen LogP contribution in [-0.4, -0.2) is 69.2 Å². The van der Waals surface area contributed by atoms with Crippen molar-refractivity contribution in [2.75, 3.05) is 38.6 Å². The van der Waals surface area contributed by atoms with Crippen molar-refractivity contribution in [3.63, 3.8) is 0 Å². The molecule has 0 unspecified atom stereocenters. The quantitative estimate of drug-likeness (QED) is 0.353. The lowest BCUT2D eigenvalue weighted by atomic mass is 9.93. The Hall–Kier alpha value is -3.41. The van der Waals surface area contributed by atoms with Crippen molar-refractivity contribution in [2.45, 2.75) is 38.7 Å². The molecule has 9 nitrogen and oxygen atoms in total. The standard InChI is InChI=1S/C27H32FN7O2S/c1-4-20-26(33(3)27-31-25(22(16-36)38-27)18-5-7-19(28)8-6-18)35-23(30-20)10-9-21(32-35)17-11-13-34(14-12-17)15-24(37)29-2/h5-10,17,36H,4,11-16H2,1-3H3,(H,29,37). The van der Waals surface area contributed by atoms with Crippen LogP contribution in [0.3, 0.4) is 0 Å². The number of imidazole rings is 1. The maximum Gasteiger partial charge on any atom is 0.233 e. The number of amides is 1.